The second-order valence-electron chi connectivity index (χ2n) is 4.77. The number of alkyl halides is 2. The van der Waals surface area contributed by atoms with E-state index in [-0.39, 0.29) is 18.8 Å². The van der Waals surface area contributed by atoms with E-state index in [1.807, 2.05) is 19.1 Å². The molecule has 0 aliphatic heterocycles. The molecule has 1 saturated carbocycles. The number of hydrogen-bond donors (Lipinski definition) is 1. The summed E-state index contributed by atoms with van der Waals surface area (Å²) in [6, 6.07) is 5.50. The lowest BCUT2D eigenvalue weighted by molar-refractivity contribution is 0.00293. The summed E-state index contributed by atoms with van der Waals surface area (Å²) in [6.45, 7) is 2.22. The van der Waals surface area contributed by atoms with Crippen LogP contribution in [-0.4, -0.2) is 12.5 Å². The van der Waals surface area contributed by atoms with E-state index in [0.29, 0.717) is 24.5 Å². The number of hydrogen-bond acceptors (Lipinski definition) is 2. The van der Waals surface area contributed by atoms with E-state index < -0.39 is 5.92 Å². The Labute approximate surface area is 99.8 Å². The minimum Gasteiger partial charge on any atom is -0.491 e. The summed E-state index contributed by atoms with van der Waals surface area (Å²) in [7, 11) is 0. The molecule has 4 heteroatoms. The van der Waals surface area contributed by atoms with Crippen molar-refractivity contribution in [1.29, 1.82) is 0 Å². The molecule has 1 aliphatic rings. The fraction of sp³-hybridized carbons (Fsp3) is 0.538. The third kappa shape index (κ3) is 2.87. The first-order chi connectivity index (χ1) is 7.98. The van der Waals surface area contributed by atoms with E-state index in [4.69, 9.17) is 10.5 Å². The van der Waals surface area contributed by atoms with Crippen LogP contribution in [0.15, 0.2) is 18.2 Å². The van der Waals surface area contributed by atoms with Gasteiger partial charge in [-0.3, -0.25) is 0 Å². The topological polar surface area (TPSA) is 35.2 Å². The quantitative estimate of drug-likeness (QED) is 0.823. The molecule has 0 radical (unpaired) electrons. The number of benzene rings is 1. The highest BCUT2D eigenvalue weighted by Gasteiger charge is 2.39. The van der Waals surface area contributed by atoms with Crippen molar-refractivity contribution < 1.29 is 13.5 Å². The van der Waals surface area contributed by atoms with Crippen LogP contribution in [0, 0.1) is 12.8 Å². The first-order valence-electron chi connectivity index (χ1n) is 5.84. The number of rotatable bonds is 3. The van der Waals surface area contributed by atoms with Crippen molar-refractivity contribution in [2.75, 3.05) is 12.3 Å². The van der Waals surface area contributed by atoms with Crippen molar-refractivity contribution in [2.24, 2.45) is 5.92 Å². The van der Waals surface area contributed by atoms with Crippen molar-refractivity contribution >= 4 is 5.69 Å². The maximum atomic E-state index is 13.0. The van der Waals surface area contributed by atoms with Crippen molar-refractivity contribution in [2.45, 2.75) is 32.1 Å². The first-order valence-corrected chi connectivity index (χ1v) is 5.84. The molecule has 17 heavy (non-hydrogen) atoms. The molecule has 1 aliphatic carbocycles. The second kappa shape index (κ2) is 4.51. The summed E-state index contributed by atoms with van der Waals surface area (Å²) < 4.78 is 31.6. The predicted octanol–water partition coefficient (Wildman–Crippen LogP) is 3.39. The first kappa shape index (κ1) is 12.1. The van der Waals surface area contributed by atoms with Gasteiger partial charge < -0.3 is 10.5 Å². The van der Waals surface area contributed by atoms with Crippen LogP contribution in [0.2, 0.25) is 0 Å². The minimum atomic E-state index is -2.51. The standard InChI is InChI=1S/C13H17F2NO/c1-9-3-2-4-11(16)12(9)17-8-10-5-6-13(14,15)7-10/h2-4,10H,5-8,16H2,1H3. The third-order valence-corrected chi connectivity index (χ3v) is 3.21. The number of aryl methyl sites for hydroxylation is 1. The van der Waals surface area contributed by atoms with Gasteiger partial charge in [-0.1, -0.05) is 12.1 Å². The highest BCUT2D eigenvalue weighted by atomic mass is 19.3. The average Bonchev–Trinajstić information content (AvgIpc) is 2.57. The molecular formula is C13H17F2NO. The van der Waals surface area contributed by atoms with Gasteiger partial charge in [0.2, 0.25) is 5.92 Å². The molecule has 0 bridgehead atoms. The Morgan fingerprint density at radius 1 is 1.47 bits per heavy atom. The maximum absolute atomic E-state index is 13.0. The SMILES string of the molecule is Cc1cccc(N)c1OCC1CCC(F)(F)C1. The molecular weight excluding hydrogens is 224 g/mol. The maximum Gasteiger partial charge on any atom is 0.248 e. The summed E-state index contributed by atoms with van der Waals surface area (Å²) in [5, 5.41) is 0. The van der Waals surface area contributed by atoms with Crippen molar-refractivity contribution in [1.82, 2.24) is 0 Å². The molecule has 2 nitrogen and oxygen atoms in total. The fourth-order valence-electron chi connectivity index (χ4n) is 2.26. The van der Waals surface area contributed by atoms with Crippen LogP contribution < -0.4 is 10.5 Å². The third-order valence-electron chi connectivity index (χ3n) is 3.21. The molecule has 94 valence electrons. The largest absolute Gasteiger partial charge is 0.491 e. The van der Waals surface area contributed by atoms with Crippen LogP contribution in [0.3, 0.4) is 0 Å². The Morgan fingerprint density at radius 3 is 2.82 bits per heavy atom. The van der Waals surface area contributed by atoms with Gasteiger partial charge in [-0.25, -0.2) is 8.78 Å². The van der Waals surface area contributed by atoms with Crippen LogP contribution in [-0.2, 0) is 0 Å². The summed E-state index contributed by atoms with van der Waals surface area (Å²) in [5.74, 6) is -1.95. The van der Waals surface area contributed by atoms with Crippen LogP contribution in [0.25, 0.3) is 0 Å². The van der Waals surface area contributed by atoms with Gasteiger partial charge in [0.1, 0.15) is 5.75 Å². The zero-order chi connectivity index (χ0) is 12.5. The van der Waals surface area contributed by atoms with E-state index in [1.165, 1.54) is 0 Å². The Kier molecular flexibility index (Phi) is 3.22. The highest BCUT2D eigenvalue weighted by molar-refractivity contribution is 5.56. The Hall–Kier alpha value is -1.32. The molecule has 1 unspecified atom stereocenters. The molecule has 0 saturated heterocycles. The summed E-state index contributed by atoms with van der Waals surface area (Å²) >= 11 is 0. The molecule has 2 N–H and O–H groups in total. The lowest BCUT2D eigenvalue weighted by atomic mass is 10.1. The van der Waals surface area contributed by atoms with Crippen LogP contribution in [0.5, 0.6) is 5.75 Å². The molecule has 1 fully saturated rings. The van der Waals surface area contributed by atoms with Gasteiger partial charge >= 0.3 is 0 Å². The number of nitrogen functional groups attached to an aromatic ring is 1. The van der Waals surface area contributed by atoms with E-state index in [0.717, 1.165) is 5.56 Å². The molecule has 1 aromatic rings. The van der Waals surface area contributed by atoms with Crippen molar-refractivity contribution in [3.05, 3.63) is 23.8 Å². The Balaban J connectivity index is 1.95. The lowest BCUT2D eigenvalue weighted by Gasteiger charge is -2.15. The number of halogens is 2. The predicted molar refractivity (Wildman–Crippen MR) is 63.4 cm³/mol. The number of para-hydroxylation sites is 1. The van der Waals surface area contributed by atoms with Crippen LogP contribution >= 0.6 is 0 Å². The summed E-state index contributed by atoms with van der Waals surface area (Å²) in [4.78, 5) is 0. The number of nitrogens with two attached hydrogens (primary N) is 1. The lowest BCUT2D eigenvalue weighted by Crippen LogP contribution is -2.14. The van der Waals surface area contributed by atoms with Gasteiger partial charge in [0.25, 0.3) is 0 Å². The van der Waals surface area contributed by atoms with Crippen molar-refractivity contribution in [3.63, 3.8) is 0 Å². The Morgan fingerprint density at radius 2 is 2.24 bits per heavy atom. The summed E-state index contributed by atoms with van der Waals surface area (Å²) in [5.41, 5.74) is 7.29. The molecule has 1 aromatic carbocycles. The molecule has 2 rings (SSSR count). The molecule has 0 heterocycles. The second-order valence-corrected chi connectivity index (χ2v) is 4.77. The van der Waals surface area contributed by atoms with Gasteiger partial charge in [-0.15, -0.1) is 0 Å². The highest BCUT2D eigenvalue weighted by Crippen LogP contribution is 2.39. The molecule has 0 amide bonds. The number of anilines is 1. The van der Waals surface area contributed by atoms with Gasteiger partial charge in [0.15, 0.2) is 0 Å². The van der Waals surface area contributed by atoms with Crippen LogP contribution in [0.1, 0.15) is 24.8 Å². The monoisotopic (exact) mass is 241 g/mol. The van der Waals surface area contributed by atoms with E-state index in [1.54, 1.807) is 6.07 Å². The zero-order valence-corrected chi connectivity index (χ0v) is 9.88. The molecule has 0 spiro atoms. The fourth-order valence-corrected chi connectivity index (χ4v) is 2.26. The van der Waals surface area contributed by atoms with Gasteiger partial charge in [0, 0.05) is 12.8 Å². The molecule has 1 atom stereocenters. The van der Waals surface area contributed by atoms with Crippen LogP contribution in [0.4, 0.5) is 14.5 Å². The van der Waals surface area contributed by atoms with E-state index in [2.05, 4.69) is 0 Å². The van der Waals surface area contributed by atoms with Gasteiger partial charge in [0.05, 0.1) is 12.3 Å². The van der Waals surface area contributed by atoms with E-state index in [9.17, 15) is 8.78 Å². The van der Waals surface area contributed by atoms with E-state index >= 15 is 0 Å². The smallest absolute Gasteiger partial charge is 0.248 e. The Bertz CT molecular complexity index is 386. The number of ether oxygens (including phenoxy) is 1. The van der Waals surface area contributed by atoms with Gasteiger partial charge in [-0.05, 0) is 30.9 Å². The normalized spacial score (nSPS) is 22.6. The summed E-state index contributed by atoms with van der Waals surface area (Å²) in [6.07, 6.45) is 0.432. The van der Waals surface area contributed by atoms with Gasteiger partial charge in [-0.2, -0.15) is 0 Å². The average molecular weight is 241 g/mol. The van der Waals surface area contributed by atoms with Crippen molar-refractivity contribution in [3.8, 4) is 5.75 Å². The minimum absolute atomic E-state index is 0.0235. The molecule has 0 aromatic heterocycles. The zero-order valence-electron chi connectivity index (χ0n) is 9.88.